The lowest BCUT2D eigenvalue weighted by Crippen LogP contribution is -2.28. The summed E-state index contributed by atoms with van der Waals surface area (Å²) in [5.74, 6) is 0.0990. The third-order valence-corrected chi connectivity index (χ3v) is 5.55. The minimum absolute atomic E-state index is 0.130. The standard InChI is InChI=1S/C25H26N4O/c1-16-9-8-12-21(13-16)23-18(3)28-29-19(4)22(15-26-24(23)29)25(30)27-14-17(2)20-10-6-5-7-11-20/h5-13,15,17H,14H2,1-4H3,(H,27,30). The summed E-state index contributed by atoms with van der Waals surface area (Å²) in [6.07, 6.45) is 1.66. The molecular formula is C25H26N4O. The molecule has 0 bridgehead atoms. The molecule has 2 aromatic carbocycles. The Morgan fingerprint density at radius 1 is 1.07 bits per heavy atom. The van der Waals surface area contributed by atoms with Gasteiger partial charge in [0.05, 0.1) is 17.0 Å². The van der Waals surface area contributed by atoms with Gasteiger partial charge in [0.25, 0.3) is 5.91 Å². The molecule has 0 aliphatic heterocycles. The first kappa shape index (κ1) is 19.8. The number of carbonyl (C=O) groups is 1. The van der Waals surface area contributed by atoms with E-state index in [0.717, 1.165) is 28.2 Å². The van der Waals surface area contributed by atoms with Gasteiger partial charge in [-0.25, -0.2) is 9.50 Å². The fourth-order valence-corrected chi connectivity index (χ4v) is 3.80. The van der Waals surface area contributed by atoms with Gasteiger partial charge in [-0.05, 0) is 37.8 Å². The van der Waals surface area contributed by atoms with Gasteiger partial charge in [0.15, 0.2) is 5.65 Å². The Labute approximate surface area is 176 Å². The molecule has 0 radical (unpaired) electrons. The monoisotopic (exact) mass is 398 g/mol. The summed E-state index contributed by atoms with van der Waals surface area (Å²) < 4.78 is 1.78. The number of nitrogens with zero attached hydrogens (tertiary/aromatic N) is 3. The summed E-state index contributed by atoms with van der Waals surface area (Å²) in [5.41, 5.74) is 7.47. The second-order valence-electron chi connectivity index (χ2n) is 7.84. The van der Waals surface area contributed by atoms with Crippen molar-refractivity contribution in [2.75, 3.05) is 6.54 Å². The highest BCUT2D eigenvalue weighted by Gasteiger charge is 2.19. The fourth-order valence-electron chi connectivity index (χ4n) is 3.80. The van der Waals surface area contributed by atoms with E-state index in [1.807, 2.05) is 38.1 Å². The molecule has 5 nitrogen and oxygen atoms in total. The van der Waals surface area contributed by atoms with Crippen LogP contribution < -0.4 is 5.32 Å². The van der Waals surface area contributed by atoms with Crippen LogP contribution in [0.1, 0.15) is 45.7 Å². The van der Waals surface area contributed by atoms with Gasteiger partial charge in [-0.2, -0.15) is 5.10 Å². The van der Waals surface area contributed by atoms with Crippen molar-refractivity contribution in [3.8, 4) is 11.1 Å². The molecular weight excluding hydrogens is 372 g/mol. The number of hydrogen-bond acceptors (Lipinski definition) is 3. The first-order chi connectivity index (χ1) is 14.5. The molecule has 30 heavy (non-hydrogen) atoms. The number of nitrogens with one attached hydrogen (secondary N) is 1. The average molecular weight is 399 g/mol. The molecule has 152 valence electrons. The second-order valence-corrected chi connectivity index (χ2v) is 7.84. The van der Waals surface area contributed by atoms with Crippen LogP contribution in [0.15, 0.2) is 60.8 Å². The van der Waals surface area contributed by atoms with E-state index < -0.39 is 0 Å². The minimum Gasteiger partial charge on any atom is -0.351 e. The lowest BCUT2D eigenvalue weighted by atomic mass is 10.0. The molecule has 4 aromatic rings. The number of fused-ring (bicyclic) bond motifs is 1. The number of amides is 1. The van der Waals surface area contributed by atoms with Crippen molar-refractivity contribution in [3.05, 3.63) is 88.9 Å². The zero-order valence-electron chi connectivity index (χ0n) is 17.8. The molecule has 0 aliphatic carbocycles. The van der Waals surface area contributed by atoms with Gasteiger partial charge in [-0.3, -0.25) is 4.79 Å². The number of rotatable bonds is 5. The van der Waals surface area contributed by atoms with E-state index in [4.69, 9.17) is 0 Å². The average Bonchev–Trinajstić information content (AvgIpc) is 3.09. The topological polar surface area (TPSA) is 59.3 Å². The molecule has 1 N–H and O–H groups in total. The summed E-state index contributed by atoms with van der Waals surface area (Å²) in [5, 5.41) is 7.72. The van der Waals surface area contributed by atoms with E-state index >= 15 is 0 Å². The highest BCUT2D eigenvalue weighted by Crippen LogP contribution is 2.28. The van der Waals surface area contributed by atoms with E-state index in [2.05, 4.69) is 59.6 Å². The molecule has 2 heterocycles. The smallest absolute Gasteiger partial charge is 0.254 e. The zero-order valence-corrected chi connectivity index (χ0v) is 17.8. The Balaban J connectivity index is 1.61. The Bertz CT molecular complexity index is 1210. The summed E-state index contributed by atoms with van der Waals surface area (Å²) in [7, 11) is 0. The van der Waals surface area contributed by atoms with Crippen LogP contribution >= 0.6 is 0 Å². The molecule has 0 aliphatic rings. The van der Waals surface area contributed by atoms with Crippen molar-refractivity contribution in [1.82, 2.24) is 19.9 Å². The van der Waals surface area contributed by atoms with E-state index in [-0.39, 0.29) is 11.8 Å². The lowest BCUT2D eigenvalue weighted by Gasteiger charge is -2.14. The molecule has 1 atom stereocenters. The number of carbonyl (C=O) groups excluding carboxylic acids is 1. The summed E-state index contributed by atoms with van der Waals surface area (Å²) in [4.78, 5) is 17.5. The van der Waals surface area contributed by atoms with E-state index in [1.54, 1.807) is 10.7 Å². The molecule has 1 amide bonds. The molecule has 2 aromatic heterocycles. The van der Waals surface area contributed by atoms with Crippen LogP contribution in [0.5, 0.6) is 0 Å². The highest BCUT2D eigenvalue weighted by atomic mass is 16.1. The Morgan fingerprint density at radius 2 is 1.83 bits per heavy atom. The SMILES string of the molecule is Cc1cccc(-c2c(C)nn3c(C)c(C(=O)NCC(C)c4ccccc4)cnc23)c1. The lowest BCUT2D eigenvalue weighted by molar-refractivity contribution is 0.0950. The maximum absolute atomic E-state index is 12.9. The third-order valence-electron chi connectivity index (χ3n) is 5.55. The van der Waals surface area contributed by atoms with Gasteiger partial charge in [0, 0.05) is 18.3 Å². The van der Waals surface area contributed by atoms with Crippen molar-refractivity contribution in [2.24, 2.45) is 0 Å². The van der Waals surface area contributed by atoms with E-state index in [0.29, 0.717) is 12.1 Å². The van der Waals surface area contributed by atoms with Gasteiger partial charge < -0.3 is 5.32 Å². The van der Waals surface area contributed by atoms with Crippen LogP contribution in [-0.2, 0) is 0 Å². The van der Waals surface area contributed by atoms with Crippen molar-refractivity contribution in [3.63, 3.8) is 0 Å². The molecule has 0 saturated carbocycles. The largest absolute Gasteiger partial charge is 0.351 e. The van der Waals surface area contributed by atoms with E-state index in [1.165, 1.54) is 11.1 Å². The predicted molar refractivity (Wildman–Crippen MR) is 120 cm³/mol. The second kappa shape index (κ2) is 8.11. The Kier molecular flexibility index (Phi) is 5.36. The van der Waals surface area contributed by atoms with Crippen molar-refractivity contribution in [2.45, 2.75) is 33.6 Å². The van der Waals surface area contributed by atoms with Crippen molar-refractivity contribution < 1.29 is 4.79 Å². The Hall–Kier alpha value is -3.47. The van der Waals surface area contributed by atoms with Gasteiger partial charge in [0.1, 0.15) is 0 Å². The highest BCUT2D eigenvalue weighted by molar-refractivity contribution is 5.95. The molecule has 1 unspecified atom stereocenters. The van der Waals surface area contributed by atoms with Crippen molar-refractivity contribution in [1.29, 1.82) is 0 Å². The summed E-state index contributed by atoms with van der Waals surface area (Å²) in [6.45, 7) is 8.63. The minimum atomic E-state index is -0.130. The first-order valence-electron chi connectivity index (χ1n) is 10.2. The van der Waals surface area contributed by atoms with Gasteiger partial charge in [-0.1, -0.05) is 67.1 Å². The van der Waals surface area contributed by atoms with Crippen LogP contribution in [0, 0.1) is 20.8 Å². The maximum Gasteiger partial charge on any atom is 0.254 e. The normalized spacial score (nSPS) is 12.1. The summed E-state index contributed by atoms with van der Waals surface area (Å²) >= 11 is 0. The summed E-state index contributed by atoms with van der Waals surface area (Å²) in [6, 6.07) is 18.5. The van der Waals surface area contributed by atoms with Crippen LogP contribution in [-0.4, -0.2) is 27.0 Å². The number of benzene rings is 2. The van der Waals surface area contributed by atoms with E-state index in [9.17, 15) is 4.79 Å². The first-order valence-corrected chi connectivity index (χ1v) is 10.2. The van der Waals surface area contributed by atoms with Gasteiger partial charge in [-0.15, -0.1) is 0 Å². The van der Waals surface area contributed by atoms with Gasteiger partial charge >= 0.3 is 0 Å². The fraction of sp³-hybridized carbons (Fsp3) is 0.240. The number of aryl methyl sites for hydroxylation is 3. The molecule has 4 rings (SSSR count). The molecule has 0 spiro atoms. The third kappa shape index (κ3) is 3.71. The van der Waals surface area contributed by atoms with Crippen LogP contribution in [0.3, 0.4) is 0 Å². The van der Waals surface area contributed by atoms with Gasteiger partial charge in [0.2, 0.25) is 0 Å². The zero-order chi connectivity index (χ0) is 21.3. The van der Waals surface area contributed by atoms with Crippen LogP contribution in [0.4, 0.5) is 0 Å². The maximum atomic E-state index is 12.9. The Morgan fingerprint density at radius 3 is 2.57 bits per heavy atom. The molecule has 0 fully saturated rings. The number of aromatic nitrogens is 3. The molecule has 0 saturated heterocycles. The quantitative estimate of drug-likeness (QED) is 0.522. The number of hydrogen-bond donors (Lipinski definition) is 1. The molecule has 5 heteroatoms. The predicted octanol–water partition coefficient (Wildman–Crippen LogP) is 4.86. The van der Waals surface area contributed by atoms with Crippen LogP contribution in [0.25, 0.3) is 16.8 Å². The van der Waals surface area contributed by atoms with Crippen LogP contribution in [0.2, 0.25) is 0 Å². The van der Waals surface area contributed by atoms with Crippen molar-refractivity contribution >= 4 is 11.6 Å².